The smallest absolute Gasteiger partial charge is 0.276 e. The lowest BCUT2D eigenvalue weighted by Crippen LogP contribution is -2.21. The number of hydrogen-bond donors (Lipinski definition) is 4. The highest BCUT2D eigenvalue weighted by molar-refractivity contribution is 6.03. The zero-order chi connectivity index (χ0) is 21.3. The quantitative estimate of drug-likeness (QED) is 0.358. The fourth-order valence-electron chi connectivity index (χ4n) is 3.22. The van der Waals surface area contributed by atoms with Gasteiger partial charge in [-0.3, -0.25) is 9.78 Å². The molecule has 3 aromatic heterocycles. The van der Waals surface area contributed by atoms with E-state index in [-0.39, 0.29) is 5.91 Å². The van der Waals surface area contributed by atoms with Gasteiger partial charge in [-0.25, -0.2) is 9.50 Å². The Hall–Kier alpha value is -3.20. The molecule has 3 aromatic rings. The summed E-state index contributed by atoms with van der Waals surface area (Å²) in [5.74, 6) is 0.417. The second-order valence-corrected chi connectivity index (χ2v) is 7.12. The molecule has 0 radical (unpaired) electrons. The van der Waals surface area contributed by atoms with Crippen LogP contribution in [0.25, 0.3) is 5.65 Å². The van der Waals surface area contributed by atoms with Crippen LogP contribution in [0.4, 0.5) is 17.2 Å². The van der Waals surface area contributed by atoms with Crippen molar-refractivity contribution in [3.8, 4) is 0 Å². The highest BCUT2D eigenvalue weighted by atomic mass is 16.2. The summed E-state index contributed by atoms with van der Waals surface area (Å²) in [6.07, 6.45) is 8.75. The topological polar surface area (TPSA) is 122 Å². The van der Waals surface area contributed by atoms with E-state index < -0.39 is 0 Å². The van der Waals surface area contributed by atoms with Crippen LogP contribution in [0.1, 0.15) is 50.0 Å². The molecule has 9 nitrogen and oxygen atoms in total. The molecule has 1 atom stereocenters. The first-order valence-corrected chi connectivity index (χ1v) is 10.5. The van der Waals surface area contributed by atoms with E-state index >= 15 is 0 Å². The number of fused-ring (bicyclic) bond motifs is 1. The minimum atomic E-state index is -0.285. The molecule has 1 amide bonds. The summed E-state index contributed by atoms with van der Waals surface area (Å²) in [5, 5.41) is 14.4. The lowest BCUT2D eigenvalue weighted by molar-refractivity contribution is 0.102. The van der Waals surface area contributed by atoms with Crippen LogP contribution in [0, 0.1) is 0 Å². The third kappa shape index (κ3) is 5.24. The maximum atomic E-state index is 12.9. The highest BCUT2D eigenvalue weighted by Crippen LogP contribution is 2.22. The van der Waals surface area contributed by atoms with Crippen LogP contribution in [-0.4, -0.2) is 44.6 Å². The number of aromatic nitrogens is 4. The molecule has 0 unspecified atom stereocenters. The number of nitrogens with zero attached hydrogens (tertiary/aromatic N) is 4. The number of carbonyl (C=O) groups excluding carboxylic acids is 1. The molecule has 0 bridgehead atoms. The molecule has 5 N–H and O–H groups in total. The summed E-state index contributed by atoms with van der Waals surface area (Å²) >= 11 is 0. The van der Waals surface area contributed by atoms with Crippen LogP contribution in [0.5, 0.6) is 0 Å². The van der Waals surface area contributed by atoms with Crippen LogP contribution in [0.3, 0.4) is 0 Å². The molecule has 0 saturated heterocycles. The Bertz CT molecular complexity index is 956. The van der Waals surface area contributed by atoms with Crippen molar-refractivity contribution >= 4 is 28.7 Å². The molecule has 0 saturated carbocycles. The fourth-order valence-corrected chi connectivity index (χ4v) is 3.22. The molecule has 160 valence electrons. The van der Waals surface area contributed by atoms with E-state index in [9.17, 15) is 4.79 Å². The van der Waals surface area contributed by atoms with Crippen molar-refractivity contribution in [2.45, 2.75) is 45.6 Å². The van der Waals surface area contributed by atoms with Gasteiger partial charge < -0.3 is 21.7 Å². The third-order valence-electron chi connectivity index (χ3n) is 4.82. The van der Waals surface area contributed by atoms with Gasteiger partial charge in [-0.15, -0.1) is 5.10 Å². The number of nitrogens with one attached hydrogen (secondary N) is 3. The van der Waals surface area contributed by atoms with Crippen LogP contribution in [0.15, 0.2) is 36.8 Å². The Labute approximate surface area is 176 Å². The van der Waals surface area contributed by atoms with Crippen molar-refractivity contribution in [2.75, 3.05) is 29.0 Å². The van der Waals surface area contributed by atoms with E-state index in [0.717, 1.165) is 31.4 Å². The first kappa shape index (κ1) is 21.5. The second kappa shape index (κ2) is 10.5. The van der Waals surface area contributed by atoms with E-state index in [1.165, 1.54) is 0 Å². The van der Waals surface area contributed by atoms with E-state index in [1.807, 2.05) is 6.07 Å². The summed E-state index contributed by atoms with van der Waals surface area (Å²) in [6.45, 7) is 5.63. The van der Waals surface area contributed by atoms with Crippen molar-refractivity contribution in [1.29, 1.82) is 0 Å². The first-order valence-electron chi connectivity index (χ1n) is 10.5. The number of nitrogens with two attached hydrogens (primary N) is 1. The van der Waals surface area contributed by atoms with Gasteiger partial charge in [-0.1, -0.05) is 20.3 Å². The SMILES string of the molecule is CCC[C@H](CC)Nc1cc(NCCCN)c2ncc(C(=O)Nc3ccncc3)n2n1. The van der Waals surface area contributed by atoms with Crippen molar-refractivity contribution in [3.05, 3.63) is 42.5 Å². The van der Waals surface area contributed by atoms with Crippen LogP contribution >= 0.6 is 0 Å². The van der Waals surface area contributed by atoms with Crippen LogP contribution in [0.2, 0.25) is 0 Å². The lowest BCUT2D eigenvalue weighted by Gasteiger charge is -2.18. The van der Waals surface area contributed by atoms with Crippen molar-refractivity contribution < 1.29 is 4.79 Å². The molecule has 0 aliphatic rings. The number of amides is 1. The molecular formula is C21H30N8O. The standard InChI is InChI=1S/C21H30N8O/c1-3-6-15(4-2)26-19-13-17(24-10-5-9-22)20-25-14-18(29(20)28-19)21(30)27-16-7-11-23-12-8-16/h7-8,11-15,24H,3-6,9-10,22H2,1-2H3,(H,26,28)(H,23,27,30)/t15-/m0/s1. The Morgan fingerprint density at radius 1 is 1.27 bits per heavy atom. The summed E-state index contributed by atoms with van der Waals surface area (Å²) in [6, 6.07) is 5.73. The van der Waals surface area contributed by atoms with Gasteiger partial charge in [0.05, 0.1) is 11.9 Å². The molecule has 0 spiro atoms. The Kier molecular flexibility index (Phi) is 7.56. The summed E-state index contributed by atoms with van der Waals surface area (Å²) < 4.78 is 1.59. The largest absolute Gasteiger partial charge is 0.382 e. The van der Waals surface area contributed by atoms with Crippen molar-refractivity contribution in [1.82, 2.24) is 19.6 Å². The molecule has 30 heavy (non-hydrogen) atoms. The average molecular weight is 411 g/mol. The lowest BCUT2D eigenvalue weighted by atomic mass is 10.1. The van der Waals surface area contributed by atoms with Crippen molar-refractivity contribution in [2.24, 2.45) is 5.73 Å². The summed E-state index contributed by atoms with van der Waals surface area (Å²) in [7, 11) is 0. The Balaban J connectivity index is 1.94. The maximum Gasteiger partial charge on any atom is 0.276 e. The highest BCUT2D eigenvalue weighted by Gasteiger charge is 2.18. The summed E-state index contributed by atoms with van der Waals surface area (Å²) in [5.41, 5.74) is 8.06. The molecule has 3 rings (SSSR count). The molecular weight excluding hydrogens is 380 g/mol. The van der Waals surface area contributed by atoms with Crippen molar-refractivity contribution in [3.63, 3.8) is 0 Å². The molecule has 0 aliphatic carbocycles. The Morgan fingerprint density at radius 3 is 2.77 bits per heavy atom. The van der Waals surface area contributed by atoms with Gasteiger partial charge >= 0.3 is 0 Å². The second-order valence-electron chi connectivity index (χ2n) is 7.12. The minimum absolute atomic E-state index is 0.285. The Morgan fingerprint density at radius 2 is 2.07 bits per heavy atom. The van der Waals surface area contributed by atoms with Gasteiger partial charge in [-0.2, -0.15) is 0 Å². The number of anilines is 3. The van der Waals surface area contributed by atoms with E-state index in [2.05, 4.69) is 44.9 Å². The third-order valence-corrected chi connectivity index (χ3v) is 4.82. The fraction of sp³-hybridized carbons (Fsp3) is 0.429. The van der Waals surface area contributed by atoms with Gasteiger partial charge in [0.25, 0.3) is 5.91 Å². The minimum Gasteiger partial charge on any atom is -0.382 e. The molecule has 9 heteroatoms. The van der Waals surface area contributed by atoms with Gasteiger partial charge in [0.2, 0.25) is 0 Å². The predicted molar refractivity (Wildman–Crippen MR) is 120 cm³/mol. The number of hydrogen-bond acceptors (Lipinski definition) is 7. The monoisotopic (exact) mass is 410 g/mol. The first-order chi connectivity index (χ1) is 14.7. The van der Waals surface area contributed by atoms with E-state index in [4.69, 9.17) is 5.73 Å². The number of imidazole rings is 1. The predicted octanol–water partition coefficient (Wildman–Crippen LogP) is 3.13. The zero-order valence-electron chi connectivity index (χ0n) is 17.6. The molecule has 0 fully saturated rings. The van der Waals surface area contributed by atoms with Gasteiger partial charge in [-0.05, 0) is 37.9 Å². The molecule has 0 aromatic carbocycles. The van der Waals surface area contributed by atoms with Crippen LogP contribution < -0.4 is 21.7 Å². The zero-order valence-corrected chi connectivity index (χ0v) is 17.6. The van der Waals surface area contributed by atoms with Gasteiger partial charge in [0.1, 0.15) is 5.82 Å². The number of rotatable bonds is 11. The average Bonchev–Trinajstić information content (AvgIpc) is 3.18. The molecule has 3 heterocycles. The van der Waals surface area contributed by atoms with E-state index in [1.54, 1.807) is 35.2 Å². The van der Waals surface area contributed by atoms with Gasteiger partial charge in [0, 0.05) is 36.7 Å². The normalized spacial score (nSPS) is 12.0. The maximum absolute atomic E-state index is 12.9. The molecule has 0 aliphatic heterocycles. The van der Waals surface area contributed by atoms with Crippen LogP contribution in [-0.2, 0) is 0 Å². The summed E-state index contributed by atoms with van der Waals surface area (Å²) in [4.78, 5) is 21.3. The van der Waals surface area contributed by atoms with Gasteiger partial charge in [0.15, 0.2) is 11.3 Å². The number of pyridine rings is 1. The van der Waals surface area contributed by atoms with E-state index in [0.29, 0.717) is 42.0 Å². The number of carbonyl (C=O) groups is 1.